The van der Waals surface area contributed by atoms with Gasteiger partial charge in [-0.1, -0.05) is 26.0 Å². The largest absolute Gasteiger partial charge is 0.333 e. The molecule has 0 saturated carbocycles. The Hall–Kier alpha value is -2.21. The van der Waals surface area contributed by atoms with Crippen LogP contribution in [0.3, 0.4) is 0 Å². The second-order valence-electron chi connectivity index (χ2n) is 8.80. The molecule has 0 radical (unpaired) electrons. The van der Waals surface area contributed by atoms with Gasteiger partial charge in [-0.2, -0.15) is 5.10 Å². The Labute approximate surface area is 172 Å². The summed E-state index contributed by atoms with van der Waals surface area (Å²) < 4.78 is 15.1. The minimum atomic E-state index is -0.199. The number of hydrogen-bond acceptors (Lipinski definition) is 3. The molecule has 2 bridgehead atoms. The fraction of sp³-hybridized carbons (Fsp3) is 0.565. The predicted octanol–water partition coefficient (Wildman–Crippen LogP) is 3.90. The summed E-state index contributed by atoms with van der Waals surface area (Å²) in [6.45, 7) is 10.4. The van der Waals surface area contributed by atoms with E-state index in [1.54, 1.807) is 0 Å². The summed E-state index contributed by atoms with van der Waals surface area (Å²) >= 11 is 0. The molecule has 3 aliphatic heterocycles. The highest BCUT2D eigenvalue weighted by atomic mass is 19.1. The molecule has 2 aromatic rings. The first-order valence-electron chi connectivity index (χ1n) is 10.8. The lowest BCUT2D eigenvalue weighted by Gasteiger charge is -2.36. The minimum Gasteiger partial charge on any atom is -0.333 e. The van der Waals surface area contributed by atoms with E-state index in [9.17, 15) is 9.18 Å². The van der Waals surface area contributed by atoms with Gasteiger partial charge in [0.25, 0.3) is 5.91 Å². The molecule has 5 nitrogen and oxygen atoms in total. The van der Waals surface area contributed by atoms with Crippen molar-refractivity contribution in [3.05, 3.63) is 53.1 Å². The van der Waals surface area contributed by atoms with Crippen molar-refractivity contribution in [1.29, 1.82) is 0 Å². The van der Waals surface area contributed by atoms with E-state index < -0.39 is 0 Å². The van der Waals surface area contributed by atoms with Crippen LogP contribution >= 0.6 is 0 Å². The number of rotatable bonds is 5. The third-order valence-corrected chi connectivity index (χ3v) is 6.28. The van der Waals surface area contributed by atoms with Gasteiger partial charge in [0.15, 0.2) is 0 Å². The highest BCUT2D eigenvalue weighted by Crippen LogP contribution is 2.30. The molecule has 3 fully saturated rings. The van der Waals surface area contributed by atoms with Crippen LogP contribution < -0.4 is 0 Å². The van der Waals surface area contributed by atoms with E-state index in [1.807, 2.05) is 29.8 Å². The topological polar surface area (TPSA) is 41.4 Å². The zero-order chi connectivity index (χ0) is 20.5. The van der Waals surface area contributed by atoms with Gasteiger partial charge in [0.1, 0.15) is 11.5 Å². The quantitative estimate of drug-likeness (QED) is 0.767. The molecule has 29 heavy (non-hydrogen) atoms. The molecule has 3 saturated heterocycles. The second-order valence-corrected chi connectivity index (χ2v) is 8.80. The third kappa shape index (κ3) is 4.22. The number of fused-ring (bicyclic) bond motifs is 4. The molecule has 0 aliphatic carbocycles. The van der Waals surface area contributed by atoms with Crippen LogP contribution in [-0.4, -0.2) is 51.2 Å². The van der Waals surface area contributed by atoms with Gasteiger partial charge in [-0.25, -0.2) is 4.39 Å². The van der Waals surface area contributed by atoms with E-state index >= 15 is 0 Å². The Kier molecular flexibility index (Phi) is 5.72. The number of halogens is 1. The summed E-state index contributed by atoms with van der Waals surface area (Å²) in [6.07, 6.45) is 2.21. The van der Waals surface area contributed by atoms with Crippen LogP contribution in [0.2, 0.25) is 0 Å². The number of amides is 1. The molecule has 0 spiro atoms. The summed E-state index contributed by atoms with van der Waals surface area (Å²) in [4.78, 5) is 18.0. The molecule has 1 aromatic carbocycles. The van der Waals surface area contributed by atoms with Crippen molar-refractivity contribution in [1.82, 2.24) is 19.6 Å². The van der Waals surface area contributed by atoms with Crippen LogP contribution in [0.5, 0.6) is 0 Å². The number of carbonyl (C=O) groups is 1. The fourth-order valence-corrected chi connectivity index (χ4v) is 4.68. The fourth-order valence-electron chi connectivity index (χ4n) is 4.68. The summed E-state index contributed by atoms with van der Waals surface area (Å²) in [5.41, 5.74) is 2.82. The molecule has 0 N–H and O–H groups in total. The molecule has 6 heteroatoms. The van der Waals surface area contributed by atoms with E-state index in [-0.39, 0.29) is 17.8 Å². The van der Waals surface area contributed by atoms with Crippen molar-refractivity contribution in [2.75, 3.05) is 19.6 Å². The Balaban J connectivity index is 1.51. The molecule has 5 rings (SSSR count). The number of benzene rings is 1. The van der Waals surface area contributed by atoms with Crippen molar-refractivity contribution in [2.45, 2.75) is 58.7 Å². The van der Waals surface area contributed by atoms with E-state index in [4.69, 9.17) is 0 Å². The molecular weight excluding hydrogens is 367 g/mol. The Bertz CT molecular complexity index is 860. The maximum Gasteiger partial charge on any atom is 0.272 e. The standard InChI is InChI=1S/C23H31FN4O/c1-4-28-22(11-21(25-28)16(2)3)23(29)27-14-18-7-10-20(27)15-26(13-18)12-17-5-8-19(24)9-6-17/h5-6,8-9,11,16,18,20H,4,7,10,12-15H2,1-3H3/t18-,20+/m0/s1. The van der Waals surface area contributed by atoms with E-state index in [2.05, 4.69) is 28.7 Å². The van der Waals surface area contributed by atoms with Crippen molar-refractivity contribution in [3.8, 4) is 0 Å². The molecule has 156 valence electrons. The molecule has 4 heterocycles. The van der Waals surface area contributed by atoms with Gasteiger partial charge in [0.05, 0.1) is 5.69 Å². The van der Waals surface area contributed by atoms with Crippen molar-refractivity contribution >= 4 is 5.91 Å². The lowest BCUT2D eigenvalue weighted by molar-refractivity contribution is 0.0572. The maximum absolute atomic E-state index is 13.5. The first-order valence-corrected chi connectivity index (χ1v) is 10.8. The van der Waals surface area contributed by atoms with E-state index in [0.717, 1.165) is 43.9 Å². The molecule has 2 atom stereocenters. The first kappa shape index (κ1) is 20.1. The van der Waals surface area contributed by atoms with Gasteiger partial charge in [0, 0.05) is 38.8 Å². The number of hydrogen-bond donors (Lipinski definition) is 0. The van der Waals surface area contributed by atoms with Gasteiger partial charge in [-0.3, -0.25) is 14.4 Å². The molecule has 1 amide bonds. The van der Waals surface area contributed by atoms with Crippen molar-refractivity contribution in [2.24, 2.45) is 5.92 Å². The minimum absolute atomic E-state index is 0.115. The number of aryl methyl sites for hydroxylation is 1. The number of aromatic nitrogens is 2. The van der Waals surface area contributed by atoms with E-state index in [0.29, 0.717) is 24.1 Å². The van der Waals surface area contributed by atoms with Crippen LogP contribution in [0.1, 0.15) is 61.3 Å². The first-order chi connectivity index (χ1) is 13.9. The molecule has 0 unspecified atom stereocenters. The third-order valence-electron chi connectivity index (χ3n) is 6.28. The van der Waals surface area contributed by atoms with Gasteiger partial charge in [-0.05, 0) is 55.4 Å². The van der Waals surface area contributed by atoms with Crippen molar-refractivity contribution < 1.29 is 9.18 Å². The van der Waals surface area contributed by atoms with Crippen LogP contribution in [0.4, 0.5) is 4.39 Å². The molecule has 3 aliphatic rings. The lowest BCUT2D eigenvalue weighted by atomic mass is 9.94. The summed E-state index contributed by atoms with van der Waals surface area (Å²) in [5, 5.41) is 4.64. The maximum atomic E-state index is 13.5. The monoisotopic (exact) mass is 398 g/mol. The Morgan fingerprint density at radius 2 is 1.93 bits per heavy atom. The lowest BCUT2D eigenvalue weighted by Crippen LogP contribution is -2.47. The average molecular weight is 399 g/mol. The Morgan fingerprint density at radius 1 is 1.17 bits per heavy atom. The number of nitrogens with zero attached hydrogens (tertiary/aromatic N) is 4. The van der Waals surface area contributed by atoms with Gasteiger partial charge in [0.2, 0.25) is 0 Å². The second kappa shape index (κ2) is 8.27. The van der Waals surface area contributed by atoms with Crippen molar-refractivity contribution in [3.63, 3.8) is 0 Å². The number of carbonyl (C=O) groups excluding carboxylic acids is 1. The number of piperidine rings is 1. The van der Waals surface area contributed by atoms with Gasteiger partial charge < -0.3 is 4.90 Å². The highest BCUT2D eigenvalue weighted by Gasteiger charge is 2.38. The molecular formula is C23H31FN4O. The summed E-state index contributed by atoms with van der Waals surface area (Å²) in [7, 11) is 0. The summed E-state index contributed by atoms with van der Waals surface area (Å²) in [6, 6.07) is 8.97. The SMILES string of the molecule is CCn1nc(C(C)C)cc1C(=O)N1C[C@H]2CC[C@@H]1CN(Cc1ccc(F)cc1)C2. The summed E-state index contributed by atoms with van der Waals surface area (Å²) in [5.74, 6) is 0.709. The Morgan fingerprint density at radius 3 is 2.62 bits per heavy atom. The molecule has 1 aromatic heterocycles. The van der Waals surface area contributed by atoms with Crippen LogP contribution in [0.15, 0.2) is 30.3 Å². The van der Waals surface area contributed by atoms with E-state index in [1.165, 1.54) is 18.6 Å². The normalized spacial score (nSPS) is 22.3. The average Bonchev–Trinajstić information content (AvgIpc) is 2.96. The van der Waals surface area contributed by atoms with Gasteiger partial charge >= 0.3 is 0 Å². The zero-order valence-corrected chi connectivity index (χ0v) is 17.6. The zero-order valence-electron chi connectivity index (χ0n) is 17.6. The van der Waals surface area contributed by atoms with Crippen LogP contribution in [0.25, 0.3) is 0 Å². The smallest absolute Gasteiger partial charge is 0.272 e. The predicted molar refractivity (Wildman–Crippen MR) is 111 cm³/mol. The van der Waals surface area contributed by atoms with Crippen LogP contribution in [0, 0.1) is 11.7 Å². The van der Waals surface area contributed by atoms with Crippen LogP contribution in [-0.2, 0) is 13.1 Å². The highest BCUT2D eigenvalue weighted by molar-refractivity contribution is 5.93. The van der Waals surface area contributed by atoms with Gasteiger partial charge in [-0.15, -0.1) is 0 Å².